The summed E-state index contributed by atoms with van der Waals surface area (Å²) in [5.74, 6) is 0.241. The van der Waals surface area contributed by atoms with E-state index in [1.807, 2.05) is 26.8 Å². The van der Waals surface area contributed by atoms with Gasteiger partial charge in [-0.3, -0.25) is 4.79 Å². The number of carbonyl (C=O) groups excluding carboxylic acids is 1. The van der Waals surface area contributed by atoms with Crippen LogP contribution in [0.25, 0.3) is 0 Å². The monoisotopic (exact) mass is 261 g/mol. The van der Waals surface area contributed by atoms with E-state index in [1.165, 1.54) is 0 Å². The Morgan fingerprint density at radius 1 is 1.47 bits per heavy atom. The van der Waals surface area contributed by atoms with Crippen LogP contribution in [0.2, 0.25) is 0 Å². The van der Waals surface area contributed by atoms with Crippen molar-refractivity contribution in [2.45, 2.75) is 27.7 Å². The third-order valence-corrected chi connectivity index (χ3v) is 2.74. The number of anilines is 1. The van der Waals surface area contributed by atoms with E-state index in [1.54, 1.807) is 11.8 Å². The van der Waals surface area contributed by atoms with Gasteiger partial charge in [-0.2, -0.15) is 5.26 Å². The van der Waals surface area contributed by atoms with Gasteiger partial charge in [0.2, 0.25) is 0 Å². The lowest BCUT2D eigenvalue weighted by atomic mass is 10.1. The van der Waals surface area contributed by atoms with Crippen LogP contribution in [0.15, 0.2) is 6.07 Å². The Bertz CT molecular complexity index is 506. The number of esters is 1. The summed E-state index contributed by atoms with van der Waals surface area (Å²) in [5, 5.41) is 9.24. The van der Waals surface area contributed by atoms with Gasteiger partial charge >= 0.3 is 5.97 Å². The number of nitriles is 1. The molecule has 102 valence electrons. The molecule has 0 saturated carbocycles. The van der Waals surface area contributed by atoms with E-state index < -0.39 is 0 Å². The zero-order valence-electron chi connectivity index (χ0n) is 11.9. The molecule has 0 N–H and O–H groups in total. The van der Waals surface area contributed by atoms with Crippen LogP contribution >= 0.6 is 0 Å². The smallest absolute Gasteiger partial charge is 0.325 e. The first-order chi connectivity index (χ1) is 9.03. The predicted molar refractivity (Wildman–Crippen MR) is 72.9 cm³/mol. The van der Waals surface area contributed by atoms with Gasteiger partial charge in [-0.1, -0.05) is 0 Å². The number of hydrogen-bond donors (Lipinski definition) is 0. The lowest BCUT2D eigenvalue weighted by Gasteiger charge is -2.22. The number of carbonyl (C=O) groups is 1. The molecule has 0 radical (unpaired) electrons. The molecule has 19 heavy (non-hydrogen) atoms. The van der Waals surface area contributed by atoms with Crippen LogP contribution in [0.3, 0.4) is 0 Å². The fourth-order valence-electron chi connectivity index (χ4n) is 1.88. The van der Waals surface area contributed by atoms with Crippen LogP contribution < -0.4 is 4.90 Å². The van der Waals surface area contributed by atoms with Crippen LogP contribution in [0.4, 0.5) is 5.82 Å². The maximum absolute atomic E-state index is 11.6. The zero-order chi connectivity index (χ0) is 14.4. The molecule has 5 nitrogen and oxygen atoms in total. The number of nitrogens with zero attached hydrogens (tertiary/aromatic N) is 3. The molecule has 0 bridgehead atoms. The van der Waals surface area contributed by atoms with Gasteiger partial charge in [0, 0.05) is 12.2 Å². The quantitative estimate of drug-likeness (QED) is 0.758. The molecule has 1 rings (SSSR count). The molecule has 5 heteroatoms. The summed E-state index contributed by atoms with van der Waals surface area (Å²) >= 11 is 0. The van der Waals surface area contributed by atoms with Crippen molar-refractivity contribution >= 4 is 11.8 Å². The highest BCUT2D eigenvalue weighted by atomic mass is 16.5. The Balaban J connectivity index is 3.11. The lowest BCUT2D eigenvalue weighted by Crippen LogP contribution is -2.32. The third kappa shape index (κ3) is 3.68. The number of hydrogen-bond acceptors (Lipinski definition) is 5. The Kier molecular flexibility index (Phi) is 5.31. The summed E-state index contributed by atoms with van der Waals surface area (Å²) in [6.45, 7) is 8.47. The lowest BCUT2D eigenvalue weighted by molar-refractivity contribution is -0.141. The first kappa shape index (κ1) is 15.0. The van der Waals surface area contributed by atoms with Gasteiger partial charge in [-0.05, 0) is 39.3 Å². The predicted octanol–water partition coefficient (Wildman–Crippen LogP) is 1.96. The second-order valence-corrected chi connectivity index (χ2v) is 4.21. The van der Waals surface area contributed by atoms with Crippen molar-refractivity contribution in [3.05, 3.63) is 22.9 Å². The molecule has 0 spiro atoms. The zero-order valence-corrected chi connectivity index (χ0v) is 11.9. The van der Waals surface area contributed by atoms with E-state index in [4.69, 9.17) is 4.74 Å². The van der Waals surface area contributed by atoms with Crippen LogP contribution in [0.5, 0.6) is 0 Å². The summed E-state index contributed by atoms with van der Waals surface area (Å²) in [5.41, 5.74) is 2.21. The SMILES string of the molecule is CCOC(=O)CN(CC)c1nc(C)cc(C)c1C#N. The summed E-state index contributed by atoms with van der Waals surface area (Å²) < 4.78 is 4.94. The van der Waals surface area contributed by atoms with Gasteiger partial charge in [0.05, 0.1) is 12.2 Å². The van der Waals surface area contributed by atoms with E-state index in [0.29, 0.717) is 24.5 Å². The average Bonchev–Trinajstić information content (AvgIpc) is 2.35. The standard InChI is InChI=1S/C14H19N3O2/c1-5-17(9-13(18)19-6-2)14-12(8-15)10(3)7-11(4)16-14/h7H,5-6,9H2,1-4H3. The molecule has 0 unspecified atom stereocenters. The van der Waals surface area contributed by atoms with Gasteiger partial charge < -0.3 is 9.64 Å². The van der Waals surface area contributed by atoms with Crippen molar-refractivity contribution in [3.63, 3.8) is 0 Å². The van der Waals surface area contributed by atoms with Crippen molar-refractivity contribution in [1.29, 1.82) is 5.26 Å². The summed E-state index contributed by atoms with van der Waals surface area (Å²) in [7, 11) is 0. The highest BCUT2D eigenvalue weighted by molar-refractivity contribution is 5.76. The van der Waals surface area contributed by atoms with E-state index in [9.17, 15) is 10.1 Å². The summed E-state index contributed by atoms with van der Waals surface area (Å²) in [6, 6.07) is 4.02. The van der Waals surface area contributed by atoms with Crippen molar-refractivity contribution in [1.82, 2.24) is 4.98 Å². The normalized spacial score (nSPS) is 9.84. The maximum atomic E-state index is 11.6. The van der Waals surface area contributed by atoms with E-state index in [-0.39, 0.29) is 12.5 Å². The van der Waals surface area contributed by atoms with Crippen molar-refractivity contribution in [3.8, 4) is 6.07 Å². The number of ether oxygens (including phenoxy) is 1. The van der Waals surface area contributed by atoms with Crippen molar-refractivity contribution in [2.75, 3.05) is 24.6 Å². The van der Waals surface area contributed by atoms with Crippen molar-refractivity contribution in [2.24, 2.45) is 0 Å². The molecule has 0 aromatic carbocycles. The highest BCUT2D eigenvalue weighted by Gasteiger charge is 2.17. The van der Waals surface area contributed by atoms with Gasteiger partial charge in [-0.25, -0.2) is 4.98 Å². The molecule has 0 saturated heterocycles. The molecule has 0 aliphatic rings. The molecule has 0 amide bonds. The van der Waals surface area contributed by atoms with Gasteiger partial charge in [0.15, 0.2) is 0 Å². The molecule has 0 aliphatic carbocycles. The van der Waals surface area contributed by atoms with Gasteiger partial charge in [0.1, 0.15) is 18.4 Å². The first-order valence-corrected chi connectivity index (χ1v) is 6.32. The number of aromatic nitrogens is 1. The molecule has 1 aromatic rings. The second kappa shape index (κ2) is 6.74. The fourth-order valence-corrected chi connectivity index (χ4v) is 1.88. The molecular formula is C14H19N3O2. The largest absolute Gasteiger partial charge is 0.465 e. The van der Waals surface area contributed by atoms with E-state index in [0.717, 1.165) is 11.3 Å². The van der Waals surface area contributed by atoms with Gasteiger partial charge in [0.25, 0.3) is 0 Å². The number of likely N-dealkylation sites (N-methyl/N-ethyl adjacent to an activating group) is 1. The summed E-state index contributed by atoms with van der Waals surface area (Å²) in [6.07, 6.45) is 0. The minimum atomic E-state index is -0.311. The molecule has 1 heterocycles. The fraction of sp³-hybridized carbons (Fsp3) is 0.500. The molecule has 0 fully saturated rings. The molecule has 1 aromatic heterocycles. The number of pyridine rings is 1. The average molecular weight is 261 g/mol. The third-order valence-electron chi connectivity index (χ3n) is 2.74. The van der Waals surface area contributed by atoms with E-state index >= 15 is 0 Å². The maximum Gasteiger partial charge on any atom is 0.325 e. The van der Waals surface area contributed by atoms with Crippen LogP contribution in [0, 0.1) is 25.2 Å². The topological polar surface area (TPSA) is 66.2 Å². The first-order valence-electron chi connectivity index (χ1n) is 6.32. The summed E-state index contributed by atoms with van der Waals surface area (Å²) in [4.78, 5) is 17.7. The Hall–Kier alpha value is -2.09. The molecule has 0 aliphatic heterocycles. The van der Waals surface area contributed by atoms with Crippen molar-refractivity contribution < 1.29 is 9.53 Å². The van der Waals surface area contributed by atoms with E-state index in [2.05, 4.69) is 11.1 Å². The molecular weight excluding hydrogens is 242 g/mol. The second-order valence-electron chi connectivity index (χ2n) is 4.21. The number of aryl methyl sites for hydroxylation is 2. The minimum absolute atomic E-state index is 0.106. The Morgan fingerprint density at radius 2 is 2.16 bits per heavy atom. The Labute approximate surface area is 113 Å². The van der Waals surface area contributed by atoms with Crippen LogP contribution in [0.1, 0.15) is 30.7 Å². The molecule has 0 atom stereocenters. The minimum Gasteiger partial charge on any atom is -0.465 e. The van der Waals surface area contributed by atoms with Crippen LogP contribution in [-0.2, 0) is 9.53 Å². The Morgan fingerprint density at radius 3 is 2.68 bits per heavy atom. The highest BCUT2D eigenvalue weighted by Crippen LogP contribution is 2.21. The number of rotatable bonds is 5. The van der Waals surface area contributed by atoms with Crippen LogP contribution in [-0.4, -0.2) is 30.6 Å². The van der Waals surface area contributed by atoms with Gasteiger partial charge in [-0.15, -0.1) is 0 Å².